The molecule has 0 saturated carbocycles. The molecule has 2 heterocycles. The van der Waals surface area contributed by atoms with Crippen LogP contribution in [0.25, 0.3) is 0 Å². The normalized spacial score (nSPS) is 32.5. The van der Waals surface area contributed by atoms with E-state index in [0.717, 1.165) is 26.2 Å². The fraction of sp³-hybridized carbons (Fsp3) is 1.00. The van der Waals surface area contributed by atoms with Gasteiger partial charge in [0.15, 0.2) is 0 Å². The third kappa shape index (κ3) is 8.92. The van der Waals surface area contributed by atoms with E-state index < -0.39 is 5.27 Å². The van der Waals surface area contributed by atoms with Crippen LogP contribution >= 0.6 is 5.27 Å². The molecule has 26 heavy (non-hydrogen) atoms. The number of methoxy groups -OCH3 is 1. The molecule has 2 fully saturated rings. The molecule has 0 aliphatic carbocycles. The molecule has 0 aromatic heterocycles. The third-order valence-electron chi connectivity index (χ3n) is 4.18. The summed E-state index contributed by atoms with van der Waals surface area (Å²) < 4.78 is 26.1. The summed E-state index contributed by atoms with van der Waals surface area (Å²) in [7, 11) is 3.88. The number of ether oxygens (including phenoxy) is 3. The van der Waals surface area contributed by atoms with Crippen LogP contribution in [0.1, 0.15) is 36.1 Å². The SMILES string of the molecule is C.C.C.COCC1CN([P](C)(=[W])OCC2CN(C)CC(C)O2)CC(C)O1. The summed E-state index contributed by atoms with van der Waals surface area (Å²) in [4.78, 5) is 2.33. The van der Waals surface area contributed by atoms with Crippen molar-refractivity contribution in [1.29, 1.82) is 0 Å². The Labute approximate surface area is 173 Å². The first-order valence-electron chi connectivity index (χ1n) is 8.26. The van der Waals surface area contributed by atoms with Gasteiger partial charge in [-0.05, 0) is 0 Å². The number of rotatable bonds is 6. The topological polar surface area (TPSA) is 43.4 Å². The van der Waals surface area contributed by atoms with E-state index in [1.54, 1.807) is 7.11 Å². The van der Waals surface area contributed by atoms with E-state index >= 15 is 0 Å². The standard InChI is InChI=1S/C15H31N2O4P.3CH4.W/c1-12-6-16(3)8-14(20-12)11-19-22(5)17-7-13(2)21-15(9-17)10-18-4;;;;/h12-15H,6-11H2,1-5H3;3*1H4;. The Kier molecular flexibility index (Phi) is 14.7. The summed E-state index contributed by atoms with van der Waals surface area (Å²) in [5.74, 6) is 0. The maximum absolute atomic E-state index is 6.41. The number of morpholine rings is 2. The Hall–Kier alpha value is 0.878. The summed E-state index contributed by atoms with van der Waals surface area (Å²) in [6.07, 6.45) is 0.827. The molecular weight excluding hydrogens is 523 g/mol. The van der Waals surface area contributed by atoms with Crippen LogP contribution in [0.4, 0.5) is 0 Å². The van der Waals surface area contributed by atoms with Gasteiger partial charge in [0.2, 0.25) is 0 Å². The monoisotopic (exact) mass is 566 g/mol. The van der Waals surface area contributed by atoms with Crippen molar-refractivity contribution in [3.63, 3.8) is 0 Å². The Bertz CT molecular complexity index is 420. The van der Waals surface area contributed by atoms with Gasteiger partial charge in [-0.15, -0.1) is 0 Å². The predicted molar refractivity (Wildman–Crippen MR) is 109 cm³/mol. The third-order valence-corrected chi connectivity index (χ3v) is 9.79. The molecule has 2 rings (SSSR count). The van der Waals surface area contributed by atoms with Gasteiger partial charge in [-0.25, -0.2) is 0 Å². The fourth-order valence-corrected chi connectivity index (χ4v) is 6.97. The molecule has 2 saturated heterocycles. The van der Waals surface area contributed by atoms with Crippen molar-refractivity contribution in [2.75, 3.05) is 60.2 Å². The van der Waals surface area contributed by atoms with Crippen molar-refractivity contribution >= 4 is 5.27 Å². The van der Waals surface area contributed by atoms with Crippen molar-refractivity contribution < 1.29 is 37.5 Å². The molecule has 5 atom stereocenters. The number of hydrogen-bond donors (Lipinski definition) is 0. The van der Waals surface area contributed by atoms with Crippen LogP contribution in [-0.2, 0) is 37.5 Å². The minimum atomic E-state index is -1.54. The summed E-state index contributed by atoms with van der Waals surface area (Å²) >= 11 is 1.52. The van der Waals surface area contributed by atoms with Crippen LogP contribution in [0.2, 0.25) is 0 Å². The van der Waals surface area contributed by atoms with Crippen LogP contribution in [0.15, 0.2) is 0 Å². The van der Waals surface area contributed by atoms with Gasteiger partial charge in [-0.2, -0.15) is 0 Å². The van der Waals surface area contributed by atoms with E-state index in [1.807, 2.05) is 0 Å². The molecular formula is C18H43N2O4PW. The Morgan fingerprint density at radius 3 is 2.04 bits per heavy atom. The van der Waals surface area contributed by atoms with Crippen LogP contribution in [0.5, 0.6) is 0 Å². The van der Waals surface area contributed by atoms with Crippen LogP contribution < -0.4 is 0 Å². The van der Waals surface area contributed by atoms with Crippen molar-refractivity contribution in [3.8, 4) is 0 Å². The molecule has 2 aliphatic rings. The van der Waals surface area contributed by atoms with E-state index in [2.05, 4.69) is 37.1 Å². The van der Waals surface area contributed by atoms with Gasteiger partial charge >= 0.3 is 151 Å². The second kappa shape index (κ2) is 13.2. The number of likely N-dealkylation sites (N-methyl/N-ethyl adjacent to an activating group) is 1. The van der Waals surface area contributed by atoms with E-state index in [1.165, 1.54) is 18.8 Å². The first kappa shape index (κ1) is 29.1. The summed E-state index contributed by atoms with van der Waals surface area (Å²) in [5, 5.41) is -1.54. The first-order valence-corrected chi connectivity index (χ1v) is 14.2. The van der Waals surface area contributed by atoms with Crippen LogP contribution in [0.3, 0.4) is 0 Å². The van der Waals surface area contributed by atoms with Gasteiger partial charge in [0.05, 0.1) is 0 Å². The Morgan fingerprint density at radius 2 is 1.50 bits per heavy atom. The average molecular weight is 566 g/mol. The summed E-state index contributed by atoms with van der Waals surface area (Å²) in [6.45, 7) is 11.7. The second-order valence-corrected chi connectivity index (χ2v) is 16.5. The quantitative estimate of drug-likeness (QED) is 0.460. The molecule has 0 amide bonds. The maximum atomic E-state index is 6.41. The van der Waals surface area contributed by atoms with Gasteiger partial charge in [0, 0.05) is 0 Å². The number of hydrogen-bond acceptors (Lipinski definition) is 6. The van der Waals surface area contributed by atoms with Gasteiger partial charge < -0.3 is 0 Å². The Morgan fingerprint density at radius 1 is 0.962 bits per heavy atom. The van der Waals surface area contributed by atoms with Crippen LogP contribution in [-0.4, -0.2) is 94.2 Å². The van der Waals surface area contributed by atoms with Crippen LogP contribution in [0, 0.1) is 0 Å². The molecule has 2 aliphatic heterocycles. The van der Waals surface area contributed by atoms with Gasteiger partial charge in [0.25, 0.3) is 0 Å². The van der Waals surface area contributed by atoms with Gasteiger partial charge in [-0.3, -0.25) is 0 Å². The van der Waals surface area contributed by atoms with Crippen molar-refractivity contribution in [2.24, 2.45) is 0 Å². The fourth-order valence-electron chi connectivity index (χ4n) is 3.27. The Balaban J connectivity index is 0. The van der Waals surface area contributed by atoms with E-state index in [0.29, 0.717) is 13.2 Å². The second-order valence-electron chi connectivity index (χ2n) is 6.78. The van der Waals surface area contributed by atoms with E-state index in [4.69, 9.17) is 18.7 Å². The summed E-state index contributed by atoms with van der Waals surface area (Å²) in [5.41, 5.74) is 0. The zero-order chi connectivity index (χ0) is 17.0. The van der Waals surface area contributed by atoms with Gasteiger partial charge in [0.1, 0.15) is 0 Å². The minimum absolute atomic E-state index is 0. The predicted octanol–water partition coefficient (Wildman–Crippen LogP) is 3.31. The molecule has 0 aromatic carbocycles. The van der Waals surface area contributed by atoms with E-state index in [9.17, 15) is 0 Å². The molecule has 0 aromatic rings. The zero-order valence-electron chi connectivity index (χ0n) is 14.9. The molecule has 6 nitrogen and oxygen atoms in total. The van der Waals surface area contributed by atoms with E-state index in [-0.39, 0.29) is 46.7 Å². The molecule has 8 heteroatoms. The molecule has 160 valence electrons. The molecule has 0 spiro atoms. The van der Waals surface area contributed by atoms with Crippen molar-refractivity contribution in [1.82, 2.24) is 9.57 Å². The molecule has 5 unspecified atom stereocenters. The zero-order valence-corrected chi connectivity index (χ0v) is 18.8. The van der Waals surface area contributed by atoms with Crippen molar-refractivity contribution in [2.45, 2.75) is 60.5 Å². The number of nitrogens with zero attached hydrogens (tertiary/aromatic N) is 2. The van der Waals surface area contributed by atoms with Crippen molar-refractivity contribution in [3.05, 3.63) is 0 Å². The molecule has 0 N–H and O–H groups in total. The first-order chi connectivity index (χ1) is 10.8. The molecule has 0 bridgehead atoms. The summed E-state index contributed by atoms with van der Waals surface area (Å²) in [6, 6.07) is 0. The average Bonchev–Trinajstić information content (AvgIpc) is 2.44. The molecule has 0 radical (unpaired) electrons. The van der Waals surface area contributed by atoms with Gasteiger partial charge in [-0.1, -0.05) is 22.3 Å².